The van der Waals surface area contributed by atoms with Gasteiger partial charge in [0.25, 0.3) is 5.91 Å². The van der Waals surface area contributed by atoms with Gasteiger partial charge in [0.1, 0.15) is 17.6 Å². The van der Waals surface area contributed by atoms with E-state index in [0.717, 1.165) is 27.2 Å². The van der Waals surface area contributed by atoms with Gasteiger partial charge in [0.05, 0.1) is 4.47 Å². The Morgan fingerprint density at radius 2 is 1.64 bits per heavy atom. The fraction of sp³-hybridized carbons (Fsp3) is 0.250. The molecule has 0 aliphatic carbocycles. The summed E-state index contributed by atoms with van der Waals surface area (Å²) in [5.74, 6) is -0.630. The lowest BCUT2D eigenvalue weighted by atomic mass is 10.0. The topological polar surface area (TPSA) is 58.6 Å². The number of nitrogens with one attached hydrogen (secondary N) is 1. The third kappa shape index (κ3) is 7.24. The summed E-state index contributed by atoms with van der Waals surface area (Å²) in [5, 5.41) is 5.01. The van der Waals surface area contributed by atoms with Crippen LogP contribution in [0.25, 0.3) is 10.8 Å². The number of hydrogen-bond donors (Lipinski definition) is 1. The van der Waals surface area contributed by atoms with E-state index in [1.54, 1.807) is 24.3 Å². The van der Waals surface area contributed by atoms with Crippen molar-refractivity contribution in [3.8, 4) is 5.75 Å². The molecule has 0 saturated carbocycles. The number of nitrogens with zero attached hydrogens (tertiary/aromatic N) is 1. The average molecular weight is 592 g/mol. The lowest BCUT2D eigenvalue weighted by Gasteiger charge is -2.32. The molecule has 39 heavy (non-hydrogen) atoms. The summed E-state index contributed by atoms with van der Waals surface area (Å²) in [6.45, 7) is 3.52. The fourth-order valence-corrected chi connectivity index (χ4v) is 4.96. The van der Waals surface area contributed by atoms with Crippen LogP contribution in [0.4, 0.5) is 4.39 Å². The summed E-state index contributed by atoms with van der Waals surface area (Å²) >= 11 is 3.60. The Morgan fingerprint density at radius 1 is 0.949 bits per heavy atom. The molecule has 0 aliphatic heterocycles. The highest BCUT2D eigenvalue weighted by atomic mass is 79.9. The summed E-state index contributed by atoms with van der Waals surface area (Å²) in [6, 6.07) is 26.4. The van der Waals surface area contributed by atoms with E-state index < -0.39 is 17.8 Å². The third-order valence-corrected chi connectivity index (χ3v) is 7.57. The summed E-state index contributed by atoms with van der Waals surface area (Å²) < 4.78 is 21.5. The van der Waals surface area contributed by atoms with E-state index in [1.807, 2.05) is 74.5 Å². The lowest BCUT2D eigenvalue weighted by molar-refractivity contribution is -0.143. The van der Waals surface area contributed by atoms with E-state index in [-0.39, 0.29) is 31.5 Å². The number of carbonyl (C=O) groups is 2. The Balaban J connectivity index is 1.65. The molecule has 0 spiro atoms. The number of halogens is 2. The molecule has 1 N–H and O–H groups in total. The van der Waals surface area contributed by atoms with Crippen LogP contribution in [0, 0.1) is 5.82 Å². The number of rotatable bonds is 11. The van der Waals surface area contributed by atoms with Gasteiger partial charge >= 0.3 is 0 Å². The molecule has 0 radical (unpaired) electrons. The smallest absolute Gasteiger partial charge is 0.261 e. The molecule has 2 amide bonds. The number of ether oxygens (including phenoxy) is 1. The van der Waals surface area contributed by atoms with Crippen molar-refractivity contribution in [1.82, 2.24) is 10.2 Å². The van der Waals surface area contributed by atoms with E-state index in [0.29, 0.717) is 11.3 Å². The van der Waals surface area contributed by atoms with Crippen molar-refractivity contribution in [3.05, 3.63) is 112 Å². The molecule has 0 fully saturated rings. The van der Waals surface area contributed by atoms with Crippen LogP contribution < -0.4 is 10.1 Å². The molecule has 0 aromatic heterocycles. The summed E-state index contributed by atoms with van der Waals surface area (Å²) in [4.78, 5) is 28.8. The molecule has 0 aliphatic rings. The second-order valence-electron chi connectivity index (χ2n) is 9.52. The van der Waals surface area contributed by atoms with Crippen LogP contribution >= 0.6 is 15.9 Å². The molecule has 4 aromatic rings. The van der Waals surface area contributed by atoms with E-state index >= 15 is 0 Å². The first-order valence-corrected chi connectivity index (χ1v) is 13.8. The van der Waals surface area contributed by atoms with E-state index in [2.05, 4.69) is 21.2 Å². The maximum absolute atomic E-state index is 14.7. The first kappa shape index (κ1) is 28.3. The summed E-state index contributed by atoms with van der Waals surface area (Å²) in [6.07, 6.45) is 1.02. The zero-order valence-corrected chi connectivity index (χ0v) is 23.7. The Bertz CT molecular complexity index is 1430. The second kappa shape index (κ2) is 13.4. The molecule has 202 valence electrons. The molecular weight excluding hydrogens is 559 g/mol. The number of amides is 2. The van der Waals surface area contributed by atoms with Crippen LogP contribution in [0.15, 0.2) is 95.5 Å². The van der Waals surface area contributed by atoms with Gasteiger partial charge in [-0.05, 0) is 57.7 Å². The van der Waals surface area contributed by atoms with Crippen molar-refractivity contribution < 1.29 is 18.7 Å². The first-order valence-electron chi connectivity index (χ1n) is 13.0. The normalized spacial score (nSPS) is 12.5. The molecule has 0 heterocycles. The minimum absolute atomic E-state index is 0.0703. The van der Waals surface area contributed by atoms with Gasteiger partial charge in [0, 0.05) is 24.6 Å². The van der Waals surface area contributed by atoms with Crippen LogP contribution in [0.3, 0.4) is 0 Å². The zero-order chi connectivity index (χ0) is 27.8. The van der Waals surface area contributed by atoms with Gasteiger partial charge in [-0.15, -0.1) is 0 Å². The Hall–Kier alpha value is -3.71. The van der Waals surface area contributed by atoms with Crippen LogP contribution in [0.1, 0.15) is 31.4 Å². The molecule has 4 rings (SSSR count). The van der Waals surface area contributed by atoms with Crippen LogP contribution in [-0.4, -0.2) is 35.4 Å². The minimum atomic E-state index is -0.864. The number of benzene rings is 4. The van der Waals surface area contributed by atoms with E-state index in [9.17, 15) is 14.0 Å². The van der Waals surface area contributed by atoms with E-state index in [4.69, 9.17) is 4.74 Å². The number of fused-ring (bicyclic) bond motifs is 1. The summed E-state index contributed by atoms with van der Waals surface area (Å²) in [5.41, 5.74) is 1.22. The van der Waals surface area contributed by atoms with E-state index in [1.165, 1.54) is 11.0 Å². The van der Waals surface area contributed by atoms with Gasteiger partial charge in [-0.1, -0.05) is 85.8 Å². The maximum atomic E-state index is 14.7. The lowest BCUT2D eigenvalue weighted by Crippen LogP contribution is -2.53. The highest BCUT2D eigenvalue weighted by Crippen LogP contribution is 2.33. The van der Waals surface area contributed by atoms with Gasteiger partial charge in [0.15, 0.2) is 6.61 Å². The third-order valence-electron chi connectivity index (χ3n) is 6.75. The van der Waals surface area contributed by atoms with Crippen molar-refractivity contribution in [2.75, 3.05) is 6.61 Å². The van der Waals surface area contributed by atoms with Gasteiger partial charge in [-0.25, -0.2) is 4.39 Å². The maximum Gasteiger partial charge on any atom is 0.261 e. The van der Waals surface area contributed by atoms with Crippen LogP contribution in [0.2, 0.25) is 0 Å². The molecule has 0 bridgehead atoms. The van der Waals surface area contributed by atoms with Gasteiger partial charge in [-0.3, -0.25) is 9.59 Å². The highest BCUT2D eigenvalue weighted by Gasteiger charge is 2.32. The average Bonchev–Trinajstić information content (AvgIpc) is 2.95. The largest absolute Gasteiger partial charge is 0.483 e. The second-order valence-corrected chi connectivity index (χ2v) is 10.3. The molecule has 7 heteroatoms. The monoisotopic (exact) mass is 590 g/mol. The Labute approximate surface area is 237 Å². The molecule has 0 unspecified atom stereocenters. The van der Waals surface area contributed by atoms with Gasteiger partial charge in [0.2, 0.25) is 5.91 Å². The molecule has 0 saturated heterocycles. The molecule has 5 nitrogen and oxygen atoms in total. The van der Waals surface area contributed by atoms with Crippen molar-refractivity contribution in [2.24, 2.45) is 0 Å². The quantitative estimate of drug-likeness (QED) is 0.212. The minimum Gasteiger partial charge on any atom is -0.483 e. The van der Waals surface area contributed by atoms with Crippen molar-refractivity contribution in [3.63, 3.8) is 0 Å². The molecule has 2 atom stereocenters. The van der Waals surface area contributed by atoms with Crippen molar-refractivity contribution in [2.45, 2.75) is 45.3 Å². The molecular formula is C32H32BrFN2O3. The predicted octanol–water partition coefficient (Wildman–Crippen LogP) is 6.68. The highest BCUT2D eigenvalue weighted by molar-refractivity contribution is 9.10. The Morgan fingerprint density at radius 3 is 2.38 bits per heavy atom. The SMILES string of the molecule is CC[C@@H](C)NC(=O)[C@H](Cc1ccccc1)N(Cc1ccccc1F)C(=O)COc1ccc2ccccc2c1Br. The standard InChI is InChI=1S/C32H32BrFN2O3/c1-3-22(2)35-32(38)28(19-23-11-5-4-6-12-23)36(20-25-14-8-10-16-27(25)34)30(37)21-39-29-18-17-24-13-7-9-15-26(24)31(29)33/h4-18,22,28H,3,19-21H2,1-2H3,(H,35,38)/t22-,28+/m1/s1. The molecule has 4 aromatic carbocycles. The van der Waals surface area contributed by atoms with Gasteiger partial charge in [-0.2, -0.15) is 0 Å². The van der Waals surface area contributed by atoms with Crippen molar-refractivity contribution in [1.29, 1.82) is 0 Å². The predicted molar refractivity (Wildman–Crippen MR) is 156 cm³/mol. The Kier molecular flexibility index (Phi) is 9.71. The number of hydrogen-bond acceptors (Lipinski definition) is 3. The van der Waals surface area contributed by atoms with Crippen molar-refractivity contribution >= 4 is 38.5 Å². The van der Waals surface area contributed by atoms with Crippen LogP contribution in [-0.2, 0) is 22.6 Å². The first-order chi connectivity index (χ1) is 18.9. The van der Waals surface area contributed by atoms with Crippen LogP contribution in [0.5, 0.6) is 5.75 Å². The summed E-state index contributed by atoms with van der Waals surface area (Å²) in [7, 11) is 0. The zero-order valence-electron chi connectivity index (χ0n) is 22.1. The fourth-order valence-electron chi connectivity index (χ4n) is 4.35. The number of carbonyl (C=O) groups excluding carboxylic acids is 2. The van der Waals surface area contributed by atoms with Gasteiger partial charge < -0.3 is 15.0 Å².